The maximum atomic E-state index is 12.4. The normalized spacial score (nSPS) is 27.4. The Kier molecular flexibility index (Phi) is 3.33. The van der Waals surface area contributed by atoms with Gasteiger partial charge in [0.1, 0.15) is 0 Å². The molecule has 2 aliphatic carbocycles. The molecule has 3 nitrogen and oxygen atoms in total. The van der Waals surface area contributed by atoms with Crippen LogP contribution in [-0.2, 0) is 11.2 Å². The van der Waals surface area contributed by atoms with Crippen molar-refractivity contribution in [1.82, 2.24) is 5.32 Å². The van der Waals surface area contributed by atoms with E-state index in [1.807, 2.05) is 0 Å². The smallest absolute Gasteiger partial charge is 0.224 e. The van der Waals surface area contributed by atoms with E-state index in [0.717, 1.165) is 12.8 Å². The zero-order chi connectivity index (χ0) is 14.3. The summed E-state index contributed by atoms with van der Waals surface area (Å²) in [6.45, 7) is 5.43. The Balaban J connectivity index is 1.66. The van der Waals surface area contributed by atoms with Gasteiger partial charge in [0, 0.05) is 12.5 Å². The highest BCUT2D eigenvalue weighted by Gasteiger charge is 2.56. The Hall–Kier alpha value is -1.35. The highest BCUT2D eigenvalue weighted by Crippen LogP contribution is 2.59. The molecule has 3 N–H and O–H groups in total. The van der Waals surface area contributed by atoms with Crippen molar-refractivity contribution in [2.75, 3.05) is 13.1 Å². The van der Waals surface area contributed by atoms with Gasteiger partial charge < -0.3 is 11.1 Å². The van der Waals surface area contributed by atoms with Crippen molar-refractivity contribution < 1.29 is 4.79 Å². The first-order chi connectivity index (χ1) is 9.53. The van der Waals surface area contributed by atoms with Crippen LogP contribution in [0.25, 0.3) is 0 Å². The Morgan fingerprint density at radius 1 is 1.40 bits per heavy atom. The van der Waals surface area contributed by atoms with Gasteiger partial charge in [-0.1, -0.05) is 38.1 Å². The largest absolute Gasteiger partial charge is 0.355 e. The van der Waals surface area contributed by atoms with Gasteiger partial charge in [0.05, 0.1) is 0 Å². The van der Waals surface area contributed by atoms with Crippen molar-refractivity contribution in [2.45, 2.75) is 32.6 Å². The average Bonchev–Trinajstić information content (AvgIpc) is 3.20. The Morgan fingerprint density at radius 2 is 2.15 bits per heavy atom. The summed E-state index contributed by atoms with van der Waals surface area (Å²) < 4.78 is 0. The predicted molar refractivity (Wildman–Crippen MR) is 80.3 cm³/mol. The quantitative estimate of drug-likeness (QED) is 0.881. The molecule has 0 bridgehead atoms. The van der Waals surface area contributed by atoms with E-state index in [1.165, 1.54) is 11.1 Å². The number of nitrogens with one attached hydrogen (secondary N) is 1. The van der Waals surface area contributed by atoms with Gasteiger partial charge in [-0.25, -0.2) is 0 Å². The molecule has 108 valence electrons. The van der Waals surface area contributed by atoms with Crippen molar-refractivity contribution in [2.24, 2.45) is 23.0 Å². The third-order valence-corrected chi connectivity index (χ3v) is 4.93. The van der Waals surface area contributed by atoms with Crippen molar-refractivity contribution >= 4 is 5.91 Å². The fourth-order valence-electron chi connectivity index (χ4n) is 3.44. The van der Waals surface area contributed by atoms with Crippen molar-refractivity contribution in [1.29, 1.82) is 0 Å². The van der Waals surface area contributed by atoms with Crippen molar-refractivity contribution in [3.63, 3.8) is 0 Å². The number of fused-ring (bicyclic) bond motifs is 3. The van der Waals surface area contributed by atoms with Gasteiger partial charge in [0.25, 0.3) is 0 Å². The first-order valence-electron chi connectivity index (χ1n) is 7.59. The van der Waals surface area contributed by atoms with Crippen LogP contribution in [0.5, 0.6) is 0 Å². The summed E-state index contributed by atoms with van der Waals surface area (Å²) >= 11 is 0. The number of hydrogen-bond acceptors (Lipinski definition) is 2. The third kappa shape index (κ3) is 2.35. The maximum absolute atomic E-state index is 12.4. The second kappa shape index (κ2) is 4.88. The lowest BCUT2D eigenvalue weighted by Gasteiger charge is -2.22. The molecular formula is C17H24N2O. The molecule has 1 saturated carbocycles. The lowest BCUT2D eigenvalue weighted by molar-refractivity contribution is -0.123. The molecule has 2 aliphatic rings. The van der Waals surface area contributed by atoms with Crippen LogP contribution in [0.4, 0.5) is 0 Å². The maximum Gasteiger partial charge on any atom is 0.224 e. The van der Waals surface area contributed by atoms with Crippen molar-refractivity contribution in [3.8, 4) is 0 Å². The van der Waals surface area contributed by atoms with E-state index in [1.54, 1.807) is 0 Å². The summed E-state index contributed by atoms with van der Waals surface area (Å²) in [5, 5.41) is 3.10. The summed E-state index contributed by atoms with van der Waals surface area (Å²) in [4.78, 5) is 12.4. The second-order valence-electron chi connectivity index (χ2n) is 7.04. The molecule has 0 spiro atoms. The topological polar surface area (TPSA) is 55.1 Å². The molecule has 0 aliphatic heterocycles. The minimum atomic E-state index is -0.0202. The van der Waals surface area contributed by atoms with Crippen LogP contribution in [-0.4, -0.2) is 19.0 Å². The minimum absolute atomic E-state index is 0.0202. The molecule has 0 aromatic heterocycles. The fourth-order valence-corrected chi connectivity index (χ4v) is 3.44. The standard InChI is InChI=1S/C17H24N2O/c1-17(2,9-18)10-19-16(20)15-13-8-7-11-5-3-4-6-12(11)14(13)15/h3-6,13-15H,7-10,18H2,1-2H3,(H,19,20). The van der Waals surface area contributed by atoms with Gasteiger partial charge in [0.2, 0.25) is 5.91 Å². The molecule has 20 heavy (non-hydrogen) atoms. The zero-order valence-corrected chi connectivity index (χ0v) is 12.4. The summed E-state index contributed by atoms with van der Waals surface area (Å²) in [7, 11) is 0. The SMILES string of the molecule is CC(C)(CN)CNC(=O)C1C2CCc3ccccc3C21. The van der Waals surface area contributed by atoms with E-state index in [4.69, 9.17) is 5.73 Å². The fraction of sp³-hybridized carbons (Fsp3) is 0.588. The molecule has 1 fully saturated rings. The number of hydrogen-bond donors (Lipinski definition) is 2. The van der Waals surface area contributed by atoms with Crippen LogP contribution in [0, 0.1) is 17.3 Å². The van der Waals surface area contributed by atoms with E-state index >= 15 is 0 Å². The number of amides is 1. The molecule has 0 heterocycles. The van der Waals surface area contributed by atoms with E-state index in [2.05, 4.69) is 43.4 Å². The van der Waals surface area contributed by atoms with E-state index in [-0.39, 0.29) is 17.2 Å². The molecule has 0 saturated heterocycles. The van der Waals surface area contributed by atoms with Gasteiger partial charge in [-0.05, 0) is 47.8 Å². The number of carbonyl (C=O) groups excluding carboxylic acids is 1. The summed E-state index contributed by atoms with van der Waals surface area (Å²) in [6.07, 6.45) is 2.27. The van der Waals surface area contributed by atoms with Gasteiger partial charge in [-0.15, -0.1) is 0 Å². The summed E-state index contributed by atoms with van der Waals surface area (Å²) in [5.74, 6) is 1.43. The molecule has 1 amide bonds. The number of carbonyl (C=O) groups is 1. The Morgan fingerprint density at radius 3 is 2.90 bits per heavy atom. The zero-order valence-electron chi connectivity index (χ0n) is 12.4. The molecule has 3 heteroatoms. The van der Waals surface area contributed by atoms with Crippen LogP contribution in [0.3, 0.4) is 0 Å². The molecule has 0 radical (unpaired) electrons. The summed E-state index contributed by atoms with van der Waals surface area (Å²) in [5.41, 5.74) is 8.53. The molecule has 3 rings (SSSR count). The number of nitrogens with two attached hydrogens (primary N) is 1. The average molecular weight is 272 g/mol. The summed E-state index contributed by atoms with van der Waals surface area (Å²) in [6, 6.07) is 8.59. The molecule has 3 unspecified atom stereocenters. The molecular weight excluding hydrogens is 248 g/mol. The molecule has 3 atom stereocenters. The van der Waals surface area contributed by atoms with Crippen LogP contribution in [0.1, 0.15) is 37.3 Å². The first kappa shape index (κ1) is 13.6. The minimum Gasteiger partial charge on any atom is -0.355 e. The third-order valence-electron chi connectivity index (χ3n) is 4.93. The Labute approximate surface area is 120 Å². The first-order valence-corrected chi connectivity index (χ1v) is 7.59. The van der Waals surface area contributed by atoms with E-state index < -0.39 is 0 Å². The van der Waals surface area contributed by atoms with Gasteiger partial charge in [0.15, 0.2) is 0 Å². The number of benzene rings is 1. The number of rotatable bonds is 4. The Bertz CT molecular complexity index is 523. The highest BCUT2D eigenvalue weighted by atomic mass is 16.2. The molecule has 1 aromatic carbocycles. The molecule has 1 aromatic rings. The van der Waals surface area contributed by atoms with E-state index in [0.29, 0.717) is 24.9 Å². The van der Waals surface area contributed by atoms with Gasteiger partial charge in [-0.2, -0.15) is 0 Å². The van der Waals surface area contributed by atoms with Crippen LogP contribution >= 0.6 is 0 Å². The van der Waals surface area contributed by atoms with Gasteiger partial charge >= 0.3 is 0 Å². The van der Waals surface area contributed by atoms with E-state index in [9.17, 15) is 4.79 Å². The van der Waals surface area contributed by atoms with Crippen molar-refractivity contribution in [3.05, 3.63) is 35.4 Å². The second-order valence-corrected chi connectivity index (χ2v) is 7.04. The number of aryl methyl sites for hydroxylation is 1. The lowest BCUT2D eigenvalue weighted by Crippen LogP contribution is -2.39. The monoisotopic (exact) mass is 272 g/mol. The lowest BCUT2D eigenvalue weighted by atomic mass is 9.92. The van der Waals surface area contributed by atoms with Crippen LogP contribution < -0.4 is 11.1 Å². The highest BCUT2D eigenvalue weighted by molar-refractivity contribution is 5.84. The van der Waals surface area contributed by atoms with Gasteiger partial charge in [-0.3, -0.25) is 4.79 Å². The van der Waals surface area contributed by atoms with Crippen LogP contribution in [0.2, 0.25) is 0 Å². The predicted octanol–water partition coefficient (Wildman–Crippen LogP) is 2.06. The van der Waals surface area contributed by atoms with Crippen LogP contribution in [0.15, 0.2) is 24.3 Å².